The first-order valence-electron chi connectivity index (χ1n) is 5.67. The van der Waals surface area contributed by atoms with E-state index in [9.17, 15) is 4.79 Å². The maximum Gasteiger partial charge on any atom is 0.309 e. The summed E-state index contributed by atoms with van der Waals surface area (Å²) in [7, 11) is 2.98. The van der Waals surface area contributed by atoms with Crippen LogP contribution >= 0.6 is 0 Å². The number of hydrogen-bond donors (Lipinski definition) is 0. The van der Waals surface area contributed by atoms with Crippen LogP contribution in [0.5, 0.6) is 5.75 Å². The fraction of sp³-hybridized carbons (Fsp3) is 0.385. The number of oxime groups is 1. The second-order valence-electron chi connectivity index (χ2n) is 3.98. The second kappa shape index (κ2) is 5.53. The van der Waals surface area contributed by atoms with Gasteiger partial charge in [0.2, 0.25) is 0 Å². The Morgan fingerprint density at radius 3 is 3.06 bits per heavy atom. The molecule has 1 unspecified atom stereocenters. The molecule has 0 N–H and O–H groups in total. The van der Waals surface area contributed by atoms with Gasteiger partial charge in [-0.25, -0.2) is 0 Å². The van der Waals surface area contributed by atoms with E-state index in [1.165, 1.54) is 7.11 Å². The largest absolute Gasteiger partial charge is 0.497 e. The van der Waals surface area contributed by atoms with E-state index in [0.717, 1.165) is 17.0 Å². The van der Waals surface area contributed by atoms with E-state index in [1.807, 2.05) is 24.3 Å². The molecule has 5 heteroatoms. The quantitative estimate of drug-likeness (QED) is 0.763. The van der Waals surface area contributed by atoms with Crippen LogP contribution in [0, 0.1) is 0 Å². The van der Waals surface area contributed by atoms with Crippen LogP contribution in [0.15, 0.2) is 29.4 Å². The molecule has 5 nitrogen and oxygen atoms in total. The number of benzene rings is 1. The van der Waals surface area contributed by atoms with Crippen molar-refractivity contribution < 1.29 is 19.1 Å². The van der Waals surface area contributed by atoms with E-state index < -0.39 is 0 Å². The average molecular weight is 249 g/mol. The normalized spacial score (nSPS) is 17.9. The number of ether oxygens (including phenoxy) is 2. The fourth-order valence-electron chi connectivity index (χ4n) is 1.78. The number of carbonyl (C=O) groups excluding carboxylic acids is 1. The van der Waals surface area contributed by atoms with Crippen LogP contribution in [0.2, 0.25) is 0 Å². The summed E-state index contributed by atoms with van der Waals surface area (Å²) >= 11 is 0. The molecule has 1 aliphatic heterocycles. The summed E-state index contributed by atoms with van der Waals surface area (Å²) in [6, 6.07) is 7.59. The minimum absolute atomic E-state index is 0.216. The Morgan fingerprint density at radius 2 is 2.33 bits per heavy atom. The molecule has 1 aliphatic rings. The minimum Gasteiger partial charge on any atom is -0.497 e. The monoisotopic (exact) mass is 249 g/mol. The molecule has 0 radical (unpaired) electrons. The van der Waals surface area contributed by atoms with Gasteiger partial charge in [0.1, 0.15) is 11.9 Å². The van der Waals surface area contributed by atoms with Crippen molar-refractivity contribution in [2.75, 3.05) is 14.2 Å². The third kappa shape index (κ3) is 2.80. The smallest absolute Gasteiger partial charge is 0.309 e. The van der Waals surface area contributed by atoms with Gasteiger partial charge in [0.05, 0.1) is 26.4 Å². The molecular weight excluding hydrogens is 234 g/mol. The molecule has 0 bridgehead atoms. The summed E-state index contributed by atoms with van der Waals surface area (Å²) in [6.07, 6.45) is 0.578. The molecule has 0 fully saturated rings. The maximum absolute atomic E-state index is 11.1. The highest BCUT2D eigenvalue weighted by atomic mass is 16.6. The number of nitrogens with zero attached hydrogens (tertiary/aromatic N) is 1. The predicted molar refractivity (Wildman–Crippen MR) is 65.7 cm³/mol. The summed E-state index contributed by atoms with van der Waals surface area (Å²) in [4.78, 5) is 16.4. The standard InChI is InChI=1S/C13H15NO4/c1-16-10-5-3-4-9(6-10)12-7-11(18-14-12)8-13(15)17-2/h3-6,11H,7-8H2,1-2H3. The van der Waals surface area contributed by atoms with E-state index in [-0.39, 0.29) is 18.5 Å². The predicted octanol–water partition coefficient (Wildman–Crippen LogP) is 1.75. The van der Waals surface area contributed by atoms with E-state index in [2.05, 4.69) is 9.89 Å². The maximum atomic E-state index is 11.1. The molecule has 0 aliphatic carbocycles. The Bertz CT molecular complexity index is 470. The van der Waals surface area contributed by atoms with Crippen molar-refractivity contribution in [3.63, 3.8) is 0 Å². The third-order valence-electron chi connectivity index (χ3n) is 2.76. The summed E-state index contributed by atoms with van der Waals surface area (Å²) in [6.45, 7) is 0. The minimum atomic E-state index is -0.290. The lowest BCUT2D eigenvalue weighted by molar-refractivity contribution is -0.143. The van der Waals surface area contributed by atoms with E-state index in [0.29, 0.717) is 6.42 Å². The highest BCUT2D eigenvalue weighted by Gasteiger charge is 2.25. The first-order chi connectivity index (χ1) is 8.72. The zero-order chi connectivity index (χ0) is 13.0. The van der Waals surface area contributed by atoms with Gasteiger partial charge in [-0.1, -0.05) is 17.3 Å². The summed E-state index contributed by atoms with van der Waals surface area (Å²) in [5, 5.41) is 4.00. The Balaban J connectivity index is 2.01. The zero-order valence-corrected chi connectivity index (χ0v) is 10.4. The summed E-state index contributed by atoms with van der Waals surface area (Å²) in [5.74, 6) is 0.480. The van der Waals surface area contributed by atoms with Gasteiger partial charge in [-0.3, -0.25) is 4.79 Å². The Kier molecular flexibility index (Phi) is 3.82. The Morgan fingerprint density at radius 1 is 1.50 bits per heavy atom. The third-order valence-corrected chi connectivity index (χ3v) is 2.76. The Hall–Kier alpha value is -2.04. The number of hydrogen-bond acceptors (Lipinski definition) is 5. The van der Waals surface area contributed by atoms with Gasteiger partial charge in [0.25, 0.3) is 0 Å². The van der Waals surface area contributed by atoms with Crippen molar-refractivity contribution in [1.29, 1.82) is 0 Å². The second-order valence-corrected chi connectivity index (χ2v) is 3.98. The van der Waals surface area contributed by atoms with Gasteiger partial charge in [-0.05, 0) is 12.1 Å². The topological polar surface area (TPSA) is 57.1 Å². The van der Waals surface area contributed by atoms with Crippen LogP contribution in [0.3, 0.4) is 0 Å². The molecule has 18 heavy (non-hydrogen) atoms. The van der Waals surface area contributed by atoms with E-state index >= 15 is 0 Å². The molecule has 96 valence electrons. The summed E-state index contributed by atoms with van der Waals surface area (Å²) < 4.78 is 9.75. The zero-order valence-electron chi connectivity index (χ0n) is 10.4. The molecule has 0 saturated heterocycles. The van der Waals surface area contributed by atoms with E-state index in [1.54, 1.807) is 7.11 Å². The Labute approximate surface area is 105 Å². The number of methoxy groups -OCH3 is 2. The first kappa shape index (κ1) is 12.4. The fourth-order valence-corrected chi connectivity index (χ4v) is 1.78. The molecule has 0 spiro atoms. The van der Waals surface area contributed by atoms with Gasteiger partial charge >= 0.3 is 5.97 Å². The van der Waals surface area contributed by atoms with Gasteiger partial charge in [0, 0.05) is 12.0 Å². The molecule has 1 atom stereocenters. The van der Waals surface area contributed by atoms with Crippen LogP contribution in [0.25, 0.3) is 0 Å². The lowest BCUT2D eigenvalue weighted by atomic mass is 10.0. The SMILES string of the molecule is COC(=O)CC1CC(c2cccc(OC)c2)=NO1. The average Bonchev–Trinajstić information content (AvgIpc) is 2.87. The van der Waals surface area contributed by atoms with Crippen LogP contribution in [0.4, 0.5) is 0 Å². The van der Waals surface area contributed by atoms with Crippen molar-refractivity contribution in [3.05, 3.63) is 29.8 Å². The van der Waals surface area contributed by atoms with Crippen LogP contribution < -0.4 is 4.74 Å². The van der Waals surface area contributed by atoms with Crippen molar-refractivity contribution in [2.24, 2.45) is 5.16 Å². The molecule has 0 saturated carbocycles. The lowest BCUT2D eigenvalue weighted by Crippen LogP contribution is -2.15. The molecule has 1 aromatic rings. The first-order valence-corrected chi connectivity index (χ1v) is 5.67. The molecule has 1 heterocycles. The summed E-state index contributed by atoms with van der Waals surface area (Å²) in [5.41, 5.74) is 1.77. The number of carbonyl (C=O) groups is 1. The van der Waals surface area contributed by atoms with Crippen LogP contribution in [-0.2, 0) is 14.4 Å². The van der Waals surface area contributed by atoms with Crippen LogP contribution in [0.1, 0.15) is 18.4 Å². The highest BCUT2D eigenvalue weighted by Crippen LogP contribution is 2.21. The number of rotatable bonds is 4. The van der Waals surface area contributed by atoms with Crippen molar-refractivity contribution in [3.8, 4) is 5.75 Å². The highest BCUT2D eigenvalue weighted by molar-refractivity contribution is 6.01. The van der Waals surface area contributed by atoms with E-state index in [4.69, 9.17) is 9.57 Å². The number of esters is 1. The molecule has 0 aromatic heterocycles. The molecular formula is C13H15NO4. The molecule has 1 aromatic carbocycles. The molecule has 2 rings (SSSR count). The lowest BCUT2D eigenvalue weighted by Gasteiger charge is -2.06. The van der Waals surface area contributed by atoms with Crippen molar-refractivity contribution in [2.45, 2.75) is 18.9 Å². The van der Waals surface area contributed by atoms with Crippen molar-refractivity contribution in [1.82, 2.24) is 0 Å². The van der Waals surface area contributed by atoms with Crippen molar-refractivity contribution >= 4 is 11.7 Å². The van der Waals surface area contributed by atoms with Gasteiger partial charge in [0.15, 0.2) is 0 Å². The molecule has 0 amide bonds. The van der Waals surface area contributed by atoms with Gasteiger partial charge in [-0.2, -0.15) is 0 Å². The van der Waals surface area contributed by atoms with Gasteiger partial charge < -0.3 is 14.3 Å². The van der Waals surface area contributed by atoms with Gasteiger partial charge in [-0.15, -0.1) is 0 Å². The van der Waals surface area contributed by atoms with Crippen LogP contribution in [-0.4, -0.2) is 32.0 Å².